The van der Waals surface area contributed by atoms with Crippen LogP contribution in [-0.4, -0.2) is 44.0 Å². The van der Waals surface area contributed by atoms with E-state index in [1.807, 2.05) is 42.5 Å². The predicted molar refractivity (Wildman–Crippen MR) is 111 cm³/mol. The van der Waals surface area contributed by atoms with E-state index in [-0.39, 0.29) is 19.1 Å². The quantitative estimate of drug-likeness (QED) is 0.386. The Morgan fingerprint density at radius 3 is 2.62 bits per heavy atom. The molecule has 9 heteroatoms. The molecular weight excluding hydrogens is 376 g/mol. The molecule has 0 radical (unpaired) electrons. The Labute approximate surface area is 166 Å². The predicted octanol–water partition coefficient (Wildman–Crippen LogP) is 3.69. The number of nitrogens with one attached hydrogen (secondary N) is 1. The van der Waals surface area contributed by atoms with E-state index >= 15 is 0 Å². The number of aliphatic hydroxyl groups excluding tert-OH is 1. The minimum Gasteiger partial charge on any atom is -0.434 e. The molecular formula is C20H20N4O5. The van der Waals surface area contributed by atoms with Gasteiger partial charge in [0.2, 0.25) is 0 Å². The molecule has 0 unspecified atom stereocenters. The molecule has 9 nitrogen and oxygen atoms in total. The van der Waals surface area contributed by atoms with E-state index in [1.54, 1.807) is 20.2 Å². The highest BCUT2D eigenvalue weighted by molar-refractivity contribution is 6.48. The number of para-hydroxylation sites is 2. The number of aliphatic imine (C=N–C) groups is 1. The van der Waals surface area contributed by atoms with Crippen LogP contribution < -0.4 is 10.1 Å². The number of furan rings is 1. The van der Waals surface area contributed by atoms with Gasteiger partial charge < -0.3 is 24.4 Å². The van der Waals surface area contributed by atoms with Crippen molar-refractivity contribution in [3.63, 3.8) is 0 Å². The van der Waals surface area contributed by atoms with Crippen LogP contribution in [0.2, 0.25) is 0 Å². The van der Waals surface area contributed by atoms with E-state index < -0.39 is 0 Å². The fourth-order valence-corrected chi connectivity index (χ4v) is 2.78. The lowest BCUT2D eigenvalue weighted by atomic mass is 10.1. The Balaban J connectivity index is 0.000000169. The minimum atomic E-state index is -0.0810. The average molecular weight is 396 g/mol. The smallest absolute Gasteiger partial charge is 0.285 e. The zero-order chi connectivity index (χ0) is 20.6. The Morgan fingerprint density at radius 1 is 1.14 bits per heavy atom. The highest BCUT2D eigenvalue weighted by Gasteiger charge is 2.26. The van der Waals surface area contributed by atoms with Crippen LogP contribution in [0.15, 0.2) is 68.3 Å². The molecule has 0 aliphatic carbocycles. The van der Waals surface area contributed by atoms with Gasteiger partial charge in [0.05, 0.1) is 6.61 Å². The summed E-state index contributed by atoms with van der Waals surface area (Å²) in [6.07, 6.45) is 0. The molecule has 0 saturated carbocycles. The Hall–Kier alpha value is -3.72. The largest absolute Gasteiger partial charge is 0.434 e. The van der Waals surface area contributed by atoms with Crippen molar-refractivity contribution in [3.05, 3.63) is 59.0 Å². The number of hydrogen-bond acceptors (Lipinski definition) is 9. The van der Waals surface area contributed by atoms with Crippen LogP contribution in [0.5, 0.6) is 5.75 Å². The van der Waals surface area contributed by atoms with Gasteiger partial charge in [-0.3, -0.25) is 4.99 Å². The van der Waals surface area contributed by atoms with Crippen LogP contribution in [-0.2, 0) is 4.84 Å². The van der Waals surface area contributed by atoms with E-state index in [0.717, 1.165) is 16.7 Å². The second kappa shape index (κ2) is 9.47. The summed E-state index contributed by atoms with van der Waals surface area (Å²) >= 11 is 0. The van der Waals surface area contributed by atoms with Gasteiger partial charge in [0, 0.05) is 30.2 Å². The number of nitroso groups, excluding NO2 is 1. The summed E-state index contributed by atoms with van der Waals surface area (Å²) in [6.45, 7) is 0.0581. The molecule has 29 heavy (non-hydrogen) atoms. The van der Waals surface area contributed by atoms with Crippen molar-refractivity contribution < 1.29 is 19.1 Å². The zero-order valence-corrected chi connectivity index (χ0v) is 16.0. The number of fused-ring (bicyclic) bond motifs is 2. The Bertz CT molecular complexity index is 1060. The monoisotopic (exact) mass is 396 g/mol. The van der Waals surface area contributed by atoms with Crippen molar-refractivity contribution in [3.8, 4) is 5.75 Å². The zero-order valence-electron chi connectivity index (χ0n) is 16.0. The number of ether oxygens (including phenoxy) is 1. The molecule has 1 aromatic heterocycles. The first-order chi connectivity index (χ1) is 14.2. The maximum atomic E-state index is 10.4. The normalized spacial score (nSPS) is 14.9. The molecule has 0 bridgehead atoms. The van der Waals surface area contributed by atoms with Crippen LogP contribution in [0.4, 0.5) is 11.6 Å². The fourth-order valence-electron chi connectivity index (χ4n) is 2.78. The van der Waals surface area contributed by atoms with E-state index in [0.29, 0.717) is 22.9 Å². The molecule has 0 saturated heterocycles. The van der Waals surface area contributed by atoms with Crippen molar-refractivity contribution in [2.75, 3.05) is 32.6 Å². The van der Waals surface area contributed by atoms with Crippen molar-refractivity contribution >= 4 is 34.2 Å². The molecule has 0 fully saturated rings. The van der Waals surface area contributed by atoms with Crippen LogP contribution >= 0.6 is 0 Å². The van der Waals surface area contributed by atoms with Gasteiger partial charge in [-0.1, -0.05) is 24.3 Å². The number of oxime groups is 1. The van der Waals surface area contributed by atoms with E-state index in [2.05, 4.69) is 20.6 Å². The average Bonchev–Trinajstić information content (AvgIpc) is 3.31. The van der Waals surface area contributed by atoms with Crippen LogP contribution in [0, 0.1) is 4.91 Å². The molecule has 0 spiro atoms. The lowest BCUT2D eigenvalue weighted by Crippen LogP contribution is -2.14. The van der Waals surface area contributed by atoms with Gasteiger partial charge >= 0.3 is 0 Å². The summed E-state index contributed by atoms with van der Waals surface area (Å²) in [5, 5.41) is 18.9. The lowest BCUT2D eigenvalue weighted by molar-refractivity contribution is 0.0961. The summed E-state index contributed by atoms with van der Waals surface area (Å²) < 4.78 is 10.7. The molecule has 4 rings (SSSR count). The molecule has 1 aliphatic rings. The number of nitrogens with zero attached hydrogens (tertiary/aromatic N) is 3. The van der Waals surface area contributed by atoms with Crippen molar-refractivity contribution in [1.82, 2.24) is 0 Å². The Morgan fingerprint density at radius 2 is 1.90 bits per heavy atom. The van der Waals surface area contributed by atoms with Gasteiger partial charge in [-0.2, -0.15) is 0 Å². The van der Waals surface area contributed by atoms with Gasteiger partial charge in [0.1, 0.15) is 29.3 Å². The summed E-state index contributed by atoms with van der Waals surface area (Å²) in [6, 6.07) is 14.9. The van der Waals surface area contributed by atoms with Gasteiger partial charge in [-0.05, 0) is 29.4 Å². The maximum Gasteiger partial charge on any atom is 0.285 e. The Kier molecular flexibility index (Phi) is 6.54. The van der Waals surface area contributed by atoms with E-state index in [1.165, 1.54) is 0 Å². The number of aliphatic hydroxyl groups is 1. The molecule has 150 valence electrons. The third kappa shape index (κ3) is 4.25. The second-order valence-electron chi connectivity index (χ2n) is 5.74. The number of benzene rings is 2. The summed E-state index contributed by atoms with van der Waals surface area (Å²) in [5.74, 6) is 1.15. The van der Waals surface area contributed by atoms with Crippen LogP contribution in [0.3, 0.4) is 0 Å². The summed E-state index contributed by atoms with van der Waals surface area (Å²) in [4.78, 5) is 19.3. The van der Waals surface area contributed by atoms with E-state index in [9.17, 15) is 4.91 Å². The molecule has 1 aliphatic heterocycles. The maximum absolute atomic E-state index is 10.4. The topological polar surface area (TPSA) is 118 Å². The van der Waals surface area contributed by atoms with Crippen molar-refractivity contribution in [2.45, 2.75) is 0 Å². The number of hydrogen-bond donors (Lipinski definition) is 2. The molecule has 2 heterocycles. The first-order valence-electron chi connectivity index (χ1n) is 8.81. The molecule has 2 aromatic carbocycles. The van der Waals surface area contributed by atoms with Crippen LogP contribution in [0.25, 0.3) is 11.0 Å². The van der Waals surface area contributed by atoms with Gasteiger partial charge in [-0.15, -0.1) is 4.91 Å². The summed E-state index contributed by atoms with van der Waals surface area (Å²) in [7, 11) is 3.40. The highest BCUT2D eigenvalue weighted by Crippen LogP contribution is 2.36. The van der Waals surface area contributed by atoms with Crippen molar-refractivity contribution in [1.29, 1.82) is 0 Å². The number of rotatable bonds is 5. The molecule has 2 N–H and O–H groups in total. The third-order valence-electron chi connectivity index (χ3n) is 4.01. The highest BCUT2D eigenvalue weighted by atomic mass is 16.7. The minimum absolute atomic E-state index is 0.0810. The van der Waals surface area contributed by atoms with Gasteiger partial charge in [-0.25, -0.2) is 0 Å². The number of anilines is 1. The SMILES string of the molecule is CN=C1/C(=N/OCCO)Oc2ccccc21.CNc1c(N=O)oc2ccccc12. The third-order valence-corrected chi connectivity index (χ3v) is 4.01. The molecule has 0 amide bonds. The second-order valence-corrected chi connectivity index (χ2v) is 5.74. The molecule has 0 atom stereocenters. The molecule has 3 aromatic rings. The van der Waals surface area contributed by atoms with Crippen molar-refractivity contribution in [2.24, 2.45) is 15.3 Å². The van der Waals surface area contributed by atoms with E-state index in [4.69, 9.17) is 19.1 Å². The lowest BCUT2D eigenvalue weighted by Gasteiger charge is -1.98. The summed E-state index contributed by atoms with van der Waals surface area (Å²) in [5.41, 5.74) is 2.87. The standard InChI is InChI=1S/C11H12N2O3.C9H8N2O2/c1-12-10-8-4-2-3-5-9(8)16-11(10)13-15-7-6-14;1-10-8-6-4-2-3-5-7(6)13-9(8)11-12/h2-5,14H,6-7H2,1H3;2-5,10H,1H3/b12-10?,13-11-;. The first-order valence-corrected chi connectivity index (χ1v) is 8.81. The first kappa shape index (κ1) is 20.0. The van der Waals surface area contributed by atoms with Gasteiger partial charge in [0.15, 0.2) is 0 Å². The van der Waals surface area contributed by atoms with Gasteiger partial charge in [0.25, 0.3) is 11.8 Å². The van der Waals surface area contributed by atoms with Crippen LogP contribution in [0.1, 0.15) is 5.56 Å². The fraction of sp³-hybridized carbons (Fsp3) is 0.200.